The van der Waals surface area contributed by atoms with Crippen LogP contribution in [0.25, 0.3) is 0 Å². The molecule has 0 bridgehead atoms. The second-order valence-corrected chi connectivity index (χ2v) is 5.67. The van der Waals surface area contributed by atoms with Crippen LogP contribution in [0.3, 0.4) is 0 Å². The molecule has 0 aromatic heterocycles. The number of hydrogen-bond acceptors (Lipinski definition) is 4. The number of piperidine rings is 2. The summed E-state index contributed by atoms with van der Waals surface area (Å²) in [6.45, 7) is 5.82. The van der Waals surface area contributed by atoms with Crippen molar-refractivity contribution in [3.8, 4) is 0 Å². The molecule has 2 fully saturated rings. The van der Waals surface area contributed by atoms with Gasteiger partial charge in [-0.2, -0.15) is 0 Å². The molecule has 0 amide bonds. The Balaban J connectivity index is 1.81. The number of aliphatic hydroxyl groups is 1. The third kappa shape index (κ3) is 3.91. The van der Waals surface area contributed by atoms with Crippen LogP contribution in [0.1, 0.15) is 25.7 Å². The minimum absolute atomic E-state index is 0.458. The fourth-order valence-electron chi connectivity index (χ4n) is 3.13. The lowest BCUT2D eigenvalue weighted by Gasteiger charge is -2.40. The van der Waals surface area contributed by atoms with E-state index in [-0.39, 0.29) is 0 Å². The van der Waals surface area contributed by atoms with E-state index in [4.69, 9.17) is 4.74 Å². The molecule has 4 nitrogen and oxygen atoms in total. The van der Waals surface area contributed by atoms with E-state index in [9.17, 15) is 5.11 Å². The maximum absolute atomic E-state index is 10.5. The summed E-state index contributed by atoms with van der Waals surface area (Å²) in [6.07, 6.45) is 4.28. The van der Waals surface area contributed by atoms with E-state index < -0.39 is 5.60 Å². The molecule has 0 aliphatic carbocycles. The first-order chi connectivity index (χ1) is 8.22. The zero-order valence-corrected chi connectivity index (χ0v) is 11.0. The van der Waals surface area contributed by atoms with Crippen molar-refractivity contribution in [3.63, 3.8) is 0 Å². The summed E-state index contributed by atoms with van der Waals surface area (Å²) in [5.41, 5.74) is -0.458. The number of rotatable bonds is 4. The van der Waals surface area contributed by atoms with Gasteiger partial charge in [0.05, 0.1) is 12.2 Å². The van der Waals surface area contributed by atoms with Crippen LogP contribution in [0.5, 0.6) is 0 Å². The molecule has 2 rings (SSSR count). The summed E-state index contributed by atoms with van der Waals surface area (Å²) >= 11 is 0. The molecule has 1 atom stereocenters. The van der Waals surface area contributed by atoms with Gasteiger partial charge in [-0.3, -0.25) is 0 Å². The first kappa shape index (κ1) is 13.3. The highest BCUT2D eigenvalue weighted by Gasteiger charge is 2.32. The number of nitrogens with one attached hydrogen (secondary N) is 1. The highest BCUT2D eigenvalue weighted by molar-refractivity contribution is 4.88. The van der Waals surface area contributed by atoms with Gasteiger partial charge in [-0.1, -0.05) is 0 Å². The van der Waals surface area contributed by atoms with Gasteiger partial charge in [0, 0.05) is 20.2 Å². The van der Waals surface area contributed by atoms with E-state index in [0.717, 1.165) is 52.2 Å². The Morgan fingerprint density at radius 1 is 1.41 bits per heavy atom. The van der Waals surface area contributed by atoms with Crippen LogP contribution in [0.2, 0.25) is 0 Å². The second kappa shape index (κ2) is 6.14. The van der Waals surface area contributed by atoms with Gasteiger partial charge in [0.1, 0.15) is 0 Å². The Bertz CT molecular complexity index is 227. The average molecular weight is 242 g/mol. The number of methoxy groups -OCH3 is 1. The van der Waals surface area contributed by atoms with Crippen LogP contribution in [-0.2, 0) is 4.74 Å². The van der Waals surface area contributed by atoms with Gasteiger partial charge in [0.25, 0.3) is 0 Å². The highest BCUT2D eigenvalue weighted by Crippen LogP contribution is 2.23. The third-order valence-electron chi connectivity index (χ3n) is 4.06. The second-order valence-electron chi connectivity index (χ2n) is 5.67. The fourth-order valence-corrected chi connectivity index (χ4v) is 3.13. The van der Waals surface area contributed by atoms with E-state index in [0.29, 0.717) is 5.92 Å². The maximum atomic E-state index is 10.5. The van der Waals surface area contributed by atoms with Gasteiger partial charge in [-0.25, -0.2) is 0 Å². The molecule has 2 heterocycles. The molecular weight excluding hydrogens is 216 g/mol. The number of likely N-dealkylation sites (tertiary alicyclic amines) is 1. The van der Waals surface area contributed by atoms with Gasteiger partial charge in [-0.15, -0.1) is 0 Å². The summed E-state index contributed by atoms with van der Waals surface area (Å²) in [4.78, 5) is 2.43. The van der Waals surface area contributed by atoms with Crippen molar-refractivity contribution in [2.24, 2.45) is 5.92 Å². The fraction of sp³-hybridized carbons (Fsp3) is 1.00. The average Bonchev–Trinajstić information content (AvgIpc) is 2.30. The third-order valence-corrected chi connectivity index (χ3v) is 4.06. The molecule has 2 aliphatic heterocycles. The Morgan fingerprint density at radius 3 is 2.88 bits per heavy atom. The molecule has 2 saturated heterocycles. The van der Waals surface area contributed by atoms with Gasteiger partial charge in [-0.05, 0) is 51.2 Å². The van der Waals surface area contributed by atoms with Crippen molar-refractivity contribution in [3.05, 3.63) is 0 Å². The summed E-state index contributed by atoms with van der Waals surface area (Å²) in [7, 11) is 1.78. The van der Waals surface area contributed by atoms with Crippen molar-refractivity contribution in [2.45, 2.75) is 31.3 Å². The minimum Gasteiger partial charge on any atom is -0.388 e. The summed E-state index contributed by atoms with van der Waals surface area (Å²) in [5.74, 6) is 0.652. The van der Waals surface area contributed by atoms with Crippen LogP contribution in [0, 0.1) is 5.92 Å². The van der Waals surface area contributed by atoms with Gasteiger partial charge >= 0.3 is 0 Å². The molecular formula is C13H26N2O2. The number of nitrogens with zero attached hydrogens (tertiary/aromatic N) is 1. The van der Waals surface area contributed by atoms with Crippen LogP contribution in [-0.4, -0.2) is 62.0 Å². The lowest BCUT2D eigenvalue weighted by atomic mass is 9.90. The zero-order chi connectivity index (χ0) is 12.1. The minimum atomic E-state index is -0.458. The molecule has 2 N–H and O–H groups in total. The number of β-amino-alcohol motifs (C(OH)–C–C–N with tert-alkyl or cyclic N) is 1. The first-order valence-electron chi connectivity index (χ1n) is 6.86. The highest BCUT2D eigenvalue weighted by atomic mass is 16.5. The smallest absolute Gasteiger partial charge is 0.0798 e. The van der Waals surface area contributed by atoms with E-state index in [1.807, 2.05) is 0 Å². The molecule has 0 saturated carbocycles. The van der Waals surface area contributed by atoms with Crippen LogP contribution < -0.4 is 5.32 Å². The standard InChI is InChI=1S/C13H26N2O2/c1-17-10-12-3-2-8-15(9-12)11-13(16)4-6-14-7-5-13/h12,14,16H,2-11H2,1H3. The molecule has 4 heteroatoms. The van der Waals surface area contributed by atoms with Gasteiger partial charge < -0.3 is 20.1 Å². The van der Waals surface area contributed by atoms with E-state index in [1.54, 1.807) is 7.11 Å². The summed E-state index contributed by atoms with van der Waals surface area (Å²) in [6, 6.07) is 0. The van der Waals surface area contributed by atoms with E-state index in [1.165, 1.54) is 12.8 Å². The topological polar surface area (TPSA) is 44.7 Å². The maximum Gasteiger partial charge on any atom is 0.0798 e. The molecule has 0 radical (unpaired) electrons. The van der Waals surface area contributed by atoms with Crippen LogP contribution in [0.15, 0.2) is 0 Å². The number of hydrogen-bond donors (Lipinski definition) is 2. The Kier molecular flexibility index (Phi) is 4.79. The molecule has 2 aliphatic rings. The predicted molar refractivity (Wildman–Crippen MR) is 68.1 cm³/mol. The quantitative estimate of drug-likeness (QED) is 0.752. The lowest BCUT2D eigenvalue weighted by Crippen LogP contribution is -2.52. The molecule has 0 aromatic carbocycles. The van der Waals surface area contributed by atoms with Gasteiger partial charge in [0.15, 0.2) is 0 Å². The zero-order valence-electron chi connectivity index (χ0n) is 11.0. The van der Waals surface area contributed by atoms with Gasteiger partial charge in [0.2, 0.25) is 0 Å². The van der Waals surface area contributed by atoms with Crippen LogP contribution in [0.4, 0.5) is 0 Å². The first-order valence-corrected chi connectivity index (χ1v) is 6.86. The number of ether oxygens (including phenoxy) is 1. The molecule has 1 unspecified atom stereocenters. The lowest BCUT2D eigenvalue weighted by molar-refractivity contribution is -0.0335. The van der Waals surface area contributed by atoms with Crippen molar-refractivity contribution in [1.82, 2.24) is 10.2 Å². The van der Waals surface area contributed by atoms with Crippen LogP contribution >= 0.6 is 0 Å². The SMILES string of the molecule is COCC1CCCN(CC2(O)CCNCC2)C1. The van der Waals surface area contributed by atoms with E-state index in [2.05, 4.69) is 10.2 Å². The Hall–Kier alpha value is -0.160. The largest absolute Gasteiger partial charge is 0.388 e. The summed E-state index contributed by atoms with van der Waals surface area (Å²) in [5, 5.41) is 13.8. The molecule has 0 spiro atoms. The molecule has 100 valence electrons. The van der Waals surface area contributed by atoms with Crippen molar-refractivity contribution in [2.75, 3.05) is 46.4 Å². The molecule has 17 heavy (non-hydrogen) atoms. The van der Waals surface area contributed by atoms with E-state index >= 15 is 0 Å². The Morgan fingerprint density at radius 2 is 2.18 bits per heavy atom. The summed E-state index contributed by atoms with van der Waals surface area (Å²) < 4.78 is 5.25. The van der Waals surface area contributed by atoms with Crippen molar-refractivity contribution < 1.29 is 9.84 Å². The van der Waals surface area contributed by atoms with Crippen molar-refractivity contribution in [1.29, 1.82) is 0 Å². The Labute approximate surface area is 104 Å². The molecule has 0 aromatic rings. The monoisotopic (exact) mass is 242 g/mol. The van der Waals surface area contributed by atoms with Crippen molar-refractivity contribution >= 4 is 0 Å². The predicted octanol–water partition coefficient (Wildman–Crippen LogP) is 0.459. The normalized spacial score (nSPS) is 30.4.